The van der Waals surface area contributed by atoms with E-state index in [4.69, 9.17) is 9.47 Å². The van der Waals surface area contributed by atoms with Crippen molar-refractivity contribution < 1.29 is 14.3 Å². The van der Waals surface area contributed by atoms with Crippen molar-refractivity contribution in [2.75, 3.05) is 12.4 Å². The van der Waals surface area contributed by atoms with Crippen LogP contribution in [0.4, 0.5) is 5.69 Å². The lowest BCUT2D eigenvalue weighted by atomic mass is 10.0. The smallest absolute Gasteiger partial charge is 0.256 e. The quantitative estimate of drug-likeness (QED) is 0.535. The van der Waals surface area contributed by atoms with Crippen LogP contribution in [0.1, 0.15) is 16.7 Å². The number of carbonyl (C=O) groups is 1. The van der Waals surface area contributed by atoms with Crippen molar-refractivity contribution in [2.24, 2.45) is 0 Å². The van der Waals surface area contributed by atoms with Gasteiger partial charge in [-0.05, 0) is 35.9 Å². The van der Waals surface area contributed by atoms with E-state index in [2.05, 4.69) is 21.2 Å². The molecular weight excluding hydrogens is 418 g/mol. The van der Waals surface area contributed by atoms with Crippen molar-refractivity contribution in [3.8, 4) is 11.5 Å². The fourth-order valence-electron chi connectivity index (χ4n) is 3.15. The Kier molecular flexibility index (Phi) is 5.17. The summed E-state index contributed by atoms with van der Waals surface area (Å²) in [6.07, 6.45) is 1.84. The van der Waals surface area contributed by atoms with Gasteiger partial charge in [-0.3, -0.25) is 4.79 Å². The van der Waals surface area contributed by atoms with Crippen LogP contribution in [-0.4, -0.2) is 13.0 Å². The van der Waals surface area contributed by atoms with Crippen LogP contribution in [0.5, 0.6) is 11.5 Å². The Morgan fingerprint density at radius 3 is 2.64 bits per heavy atom. The lowest BCUT2D eigenvalue weighted by Crippen LogP contribution is -2.04. The summed E-state index contributed by atoms with van der Waals surface area (Å²) in [4.78, 5) is 12.5. The van der Waals surface area contributed by atoms with E-state index in [1.165, 1.54) is 0 Å². The van der Waals surface area contributed by atoms with Crippen LogP contribution in [0.25, 0.3) is 11.6 Å². The van der Waals surface area contributed by atoms with E-state index in [-0.39, 0.29) is 5.91 Å². The first-order chi connectivity index (χ1) is 13.7. The first-order valence-corrected chi connectivity index (χ1v) is 9.61. The van der Waals surface area contributed by atoms with E-state index < -0.39 is 0 Å². The maximum Gasteiger partial charge on any atom is 0.256 e. The van der Waals surface area contributed by atoms with Crippen molar-refractivity contribution in [2.45, 2.75) is 6.61 Å². The number of hydrogen-bond donors (Lipinski definition) is 1. The second kappa shape index (κ2) is 7.90. The molecule has 0 unspecified atom stereocenters. The molecular formula is C23H18BrNO3. The highest BCUT2D eigenvalue weighted by Gasteiger charge is 2.25. The minimum atomic E-state index is -0.134. The summed E-state index contributed by atoms with van der Waals surface area (Å²) in [5.41, 5.74) is 4.09. The molecule has 0 spiro atoms. The molecule has 4 rings (SSSR count). The van der Waals surface area contributed by atoms with Crippen molar-refractivity contribution in [1.82, 2.24) is 0 Å². The van der Waals surface area contributed by atoms with Crippen molar-refractivity contribution in [3.05, 3.63) is 87.9 Å². The highest BCUT2D eigenvalue weighted by atomic mass is 79.9. The van der Waals surface area contributed by atoms with E-state index in [0.717, 1.165) is 26.9 Å². The van der Waals surface area contributed by atoms with Gasteiger partial charge in [0, 0.05) is 26.9 Å². The van der Waals surface area contributed by atoms with Crippen LogP contribution < -0.4 is 14.8 Å². The molecule has 0 fully saturated rings. The highest BCUT2D eigenvalue weighted by Crippen LogP contribution is 2.38. The van der Waals surface area contributed by atoms with E-state index in [9.17, 15) is 4.79 Å². The molecule has 28 heavy (non-hydrogen) atoms. The number of hydrogen-bond acceptors (Lipinski definition) is 3. The average molecular weight is 436 g/mol. The number of para-hydroxylation sites is 1. The van der Waals surface area contributed by atoms with Crippen molar-refractivity contribution in [1.29, 1.82) is 0 Å². The zero-order valence-corrected chi connectivity index (χ0v) is 16.8. The molecule has 1 heterocycles. The first-order valence-electron chi connectivity index (χ1n) is 8.82. The third-order valence-corrected chi connectivity index (χ3v) is 5.01. The molecule has 3 aromatic rings. The minimum Gasteiger partial charge on any atom is -0.493 e. The standard InChI is InChI=1S/C23H18BrNO3/c1-27-21-9-5-8-16(22(21)28-14-15-6-3-2-4-7-15)12-19-18-13-17(24)10-11-20(18)25-23(19)26/h2-13H,14H2,1H3,(H,25,26)/b19-12+. The highest BCUT2D eigenvalue weighted by molar-refractivity contribution is 9.10. The lowest BCUT2D eigenvalue weighted by molar-refractivity contribution is -0.110. The van der Waals surface area contributed by atoms with Gasteiger partial charge in [-0.15, -0.1) is 0 Å². The van der Waals surface area contributed by atoms with Gasteiger partial charge in [-0.1, -0.05) is 58.4 Å². The lowest BCUT2D eigenvalue weighted by Gasteiger charge is -2.14. The van der Waals surface area contributed by atoms with Gasteiger partial charge >= 0.3 is 0 Å². The summed E-state index contributed by atoms with van der Waals surface area (Å²) >= 11 is 3.47. The molecule has 1 N–H and O–H groups in total. The summed E-state index contributed by atoms with van der Waals surface area (Å²) in [5.74, 6) is 1.10. The summed E-state index contributed by atoms with van der Waals surface area (Å²) in [5, 5.41) is 2.90. The molecule has 1 amide bonds. The summed E-state index contributed by atoms with van der Waals surface area (Å²) in [7, 11) is 1.61. The van der Waals surface area contributed by atoms with Gasteiger partial charge in [0.1, 0.15) is 6.61 Å². The SMILES string of the molecule is COc1cccc(/C=C2/C(=O)Nc3ccc(Br)cc32)c1OCc1ccccc1. The van der Waals surface area contributed by atoms with Crippen LogP contribution >= 0.6 is 15.9 Å². The van der Waals surface area contributed by atoms with Crippen LogP contribution in [0.2, 0.25) is 0 Å². The Labute approximate surface area is 171 Å². The van der Waals surface area contributed by atoms with E-state index in [1.807, 2.05) is 72.8 Å². The van der Waals surface area contributed by atoms with Crippen LogP contribution in [0, 0.1) is 0 Å². The average Bonchev–Trinajstić information content (AvgIpc) is 3.02. The summed E-state index contributed by atoms with van der Waals surface area (Å²) in [6, 6.07) is 21.3. The van der Waals surface area contributed by atoms with Gasteiger partial charge in [0.25, 0.3) is 5.91 Å². The molecule has 0 aromatic heterocycles. The zero-order chi connectivity index (χ0) is 19.5. The minimum absolute atomic E-state index is 0.134. The third kappa shape index (κ3) is 3.66. The maximum absolute atomic E-state index is 12.5. The topological polar surface area (TPSA) is 47.6 Å². The maximum atomic E-state index is 12.5. The Morgan fingerprint density at radius 2 is 1.86 bits per heavy atom. The molecule has 0 aliphatic carbocycles. The Hall–Kier alpha value is -3.05. The molecule has 140 valence electrons. The monoisotopic (exact) mass is 435 g/mol. The van der Waals surface area contributed by atoms with Crippen LogP contribution in [0.3, 0.4) is 0 Å². The number of benzene rings is 3. The number of ether oxygens (including phenoxy) is 2. The molecule has 5 heteroatoms. The Balaban J connectivity index is 1.73. The molecule has 1 aliphatic heterocycles. The largest absolute Gasteiger partial charge is 0.493 e. The number of fused-ring (bicyclic) bond motifs is 1. The fraction of sp³-hybridized carbons (Fsp3) is 0.0870. The molecule has 4 nitrogen and oxygen atoms in total. The van der Waals surface area contributed by atoms with Crippen molar-refractivity contribution in [3.63, 3.8) is 0 Å². The van der Waals surface area contributed by atoms with Gasteiger partial charge in [0.2, 0.25) is 0 Å². The second-order valence-electron chi connectivity index (χ2n) is 6.35. The van der Waals surface area contributed by atoms with Gasteiger partial charge < -0.3 is 14.8 Å². The molecule has 1 aliphatic rings. The predicted molar refractivity (Wildman–Crippen MR) is 114 cm³/mol. The van der Waals surface area contributed by atoms with Crippen LogP contribution in [0.15, 0.2) is 71.2 Å². The molecule has 0 atom stereocenters. The van der Waals surface area contributed by atoms with E-state index in [1.54, 1.807) is 7.11 Å². The molecule has 0 saturated carbocycles. The van der Waals surface area contributed by atoms with Gasteiger partial charge in [0.05, 0.1) is 7.11 Å². The zero-order valence-electron chi connectivity index (χ0n) is 15.2. The third-order valence-electron chi connectivity index (χ3n) is 4.52. The van der Waals surface area contributed by atoms with Crippen LogP contribution in [-0.2, 0) is 11.4 Å². The molecule has 3 aromatic carbocycles. The Morgan fingerprint density at radius 1 is 1.04 bits per heavy atom. The second-order valence-corrected chi connectivity index (χ2v) is 7.27. The number of amides is 1. The number of nitrogens with one attached hydrogen (secondary N) is 1. The van der Waals surface area contributed by atoms with Gasteiger partial charge in [0.15, 0.2) is 11.5 Å². The summed E-state index contributed by atoms with van der Waals surface area (Å²) < 4.78 is 12.5. The molecule has 0 radical (unpaired) electrons. The fourth-order valence-corrected chi connectivity index (χ4v) is 3.51. The number of carbonyl (C=O) groups excluding carboxylic acids is 1. The number of rotatable bonds is 5. The number of anilines is 1. The first kappa shape index (κ1) is 18.3. The van der Waals surface area contributed by atoms with Crippen molar-refractivity contribution >= 4 is 39.2 Å². The van der Waals surface area contributed by atoms with E-state index in [0.29, 0.717) is 23.7 Å². The normalized spacial score (nSPS) is 13.9. The predicted octanol–water partition coefficient (Wildman–Crippen LogP) is 5.53. The summed E-state index contributed by atoms with van der Waals surface area (Å²) in [6.45, 7) is 0.408. The molecule has 0 saturated heterocycles. The van der Waals surface area contributed by atoms with E-state index >= 15 is 0 Å². The number of halogens is 1. The van der Waals surface area contributed by atoms with Gasteiger partial charge in [-0.2, -0.15) is 0 Å². The molecule has 0 bridgehead atoms. The number of methoxy groups -OCH3 is 1. The Bertz CT molecular complexity index is 1060. The van der Waals surface area contributed by atoms with Gasteiger partial charge in [-0.25, -0.2) is 0 Å².